The van der Waals surface area contributed by atoms with E-state index in [2.05, 4.69) is 10.3 Å². The first-order valence-corrected chi connectivity index (χ1v) is 6.94. The lowest BCUT2D eigenvalue weighted by Gasteiger charge is -2.16. The summed E-state index contributed by atoms with van der Waals surface area (Å²) >= 11 is 0. The molecule has 1 saturated heterocycles. The van der Waals surface area contributed by atoms with Crippen LogP contribution in [0.4, 0.5) is 19.0 Å². The van der Waals surface area contributed by atoms with Crippen molar-refractivity contribution in [3.05, 3.63) is 23.9 Å². The molecule has 1 atom stereocenters. The van der Waals surface area contributed by atoms with Crippen LogP contribution in [0.5, 0.6) is 0 Å². The Hall–Kier alpha value is -1.83. The second kappa shape index (κ2) is 6.95. The second-order valence-electron chi connectivity index (χ2n) is 5.21. The van der Waals surface area contributed by atoms with Gasteiger partial charge >= 0.3 is 6.18 Å². The van der Waals surface area contributed by atoms with Gasteiger partial charge in [0.05, 0.1) is 12.2 Å². The normalized spacial score (nSPS) is 18.8. The summed E-state index contributed by atoms with van der Waals surface area (Å²) in [6.45, 7) is 1.99. The molecule has 0 aromatic carbocycles. The Morgan fingerprint density at radius 2 is 2.27 bits per heavy atom. The lowest BCUT2D eigenvalue weighted by atomic mass is 10.1. The number of hydrogen-bond donors (Lipinski definition) is 1. The molecule has 0 radical (unpaired) electrons. The molecule has 2 heterocycles. The van der Waals surface area contributed by atoms with Crippen LogP contribution < -0.4 is 5.32 Å². The molecule has 0 aliphatic carbocycles. The average Bonchev–Trinajstić information content (AvgIpc) is 2.83. The number of alkyl halides is 3. The minimum Gasteiger partial charge on any atom is -0.383 e. The number of ether oxygens (including phenoxy) is 1. The maximum atomic E-state index is 12.6. The average molecular weight is 317 g/mol. The lowest BCUT2D eigenvalue weighted by molar-refractivity contribution is -0.137. The molecule has 2 rings (SSSR count). The lowest BCUT2D eigenvalue weighted by Crippen LogP contribution is -2.29. The van der Waals surface area contributed by atoms with E-state index in [9.17, 15) is 18.0 Å². The van der Waals surface area contributed by atoms with Crippen molar-refractivity contribution in [2.45, 2.75) is 12.6 Å². The van der Waals surface area contributed by atoms with Gasteiger partial charge in [0.1, 0.15) is 5.82 Å². The van der Waals surface area contributed by atoms with Crippen LogP contribution in [0, 0.1) is 5.92 Å². The van der Waals surface area contributed by atoms with E-state index in [1.165, 1.54) is 0 Å². The van der Waals surface area contributed by atoms with Crippen LogP contribution in [0.25, 0.3) is 0 Å². The van der Waals surface area contributed by atoms with Crippen molar-refractivity contribution in [3.8, 4) is 0 Å². The quantitative estimate of drug-likeness (QED) is 0.872. The molecule has 1 fully saturated rings. The zero-order valence-corrected chi connectivity index (χ0v) is 12.2. The van der Waals surface area contributed by atoms with E-state index in [-0.39, 0.29) is 17.6 Å². The minimum absolute atomic E-state index is 0.0425. The monoisotopic (exact) mass is 317 g/mol. The summed E-state index contributed by atoms with van der Waals surface area (Å²) in [5, 5.41) is 2.88. The Bertz CT molecular complexity index is 522. The maximum Gasteiger partial charge on any atom is 0.416 e. The van der Waals surface area contributed by atoms with Crippen LogP contribution in [0.2, 0.25) is 0 Å². The highest BCUT2D eigenvalue weighted by atomic mass is 19.4. The van der Waals surface area contributed by atoms with Gasteiger partial charge in [-0.05, 0) is 12.1 Å². The predicted molar refractivity (Wildman–Crippen MR) is 74.3 cm³/mol. The molecule has 8 heteroatoms. The van der Waals surface area contributed by atoms with Gasteiger partial charge < -0.3 is 15.0 Å². The number of pyridine rings is 1. The smallest absolute Gasteiger partial charge is 0.383 e. The number of carbonyl (C=O) groups is 1. The number of halogens is 3. The fourth-order valence-corrected chi connectivity index (χ4v) is 2.36. The van der Waals surface area contributed by atoms with Gasteiger partial charge in [-0.1, -0.05) is 0 Å². The summed E-state index contributed by atoms with van der Waals surface area (Å²) in [5.41, 5.74) is -0.741. The summed E-state index contributed by atoms with van der Waals surface area (Å²) in [6, 6.07) is 1.90. The van der Waals surface area contributed by atoms with Gasteiger partial charge in [0.25, 0.3) is 0 Å². The van der Waals surface area contributed by atoms with Crippen LogP contribution in [-0.2, 0) is 15.7 Å². The predicted octanol–water partition coefficient (Wildman–Crippen LogP) is 2.01. The van der Waals surface area contributed by atoms with E-state index in [0.717, 1.165) is 18.3 Å². The number of nitrogens with zero attached hydrogens (tertiary/aromatic N) is 2. The third-order valence-electron chi connectivity index (χ3n) is 3.52. The number of methoxy groups -OCH3 is 1. The molecule has 1 aromatic heterocycles. The van der Waals surface area contributed by atoms with Crippen molar-refractivity contribution >= 4 is 11.7 Å². The molecule has 0 bridgehead atoms. The molecule has 1 aromatic rings. The largest absolute Gasteiger partial charge is 0.416 e. The third-order valence-corrected chi connectivity index (χ3v) is 3.52. The van der Waals surface area contributed by atoms with Crippen LogP contribution in [-0.4, -0.2) is 49.1 Å². The SMILES string of the molecule is COCCN1C[C@@H](CNc2cc(C(F)(F)F)ccn2)CC1=O. The van der Waals surface area contributed by atoms with E-state index in [1.54, 1.807) is 12.0 Å². The molecule has 0 saturated carbocycles. The second-order valence-corrected chi connectivity index (χ2v) is 5.21. The number of anilines is 1. The Balaban J connectivity index is 1.87. The van der Waals surface area contributed by atoms with Crippen LogP contribution in [0.15, 0.2) is 18.3 Å². The highest BCUT2D eigenvalue weighted by Crippen LogP contribution is 2.30. The van der Waals surface area contributed by atoms with E-state index in [1.807, 2.05) is 0 Å². The Morgan fingerprint density at radius 3 is 2.95 bits per heavy atom. The summed E-state index contributed by atoms with van der Waals surface area (Å²) in [7, 11) is 1.57. The fraction of sp³-hybridized carbons (Fsp3) is 0.571. The van der Waals surface area contributed by atoms with Gasteiger partial charge in [-0.3, -0.25) is 4.79 Å². The molecular weight excluding hydrogens is 299 g/mol. The maximum absolute atomic E-state index is 12.6. The molecule has 1 aliphatic heterocycles. The molecule has 5 nitrogen and oxygen atoms in total. The minimum atomic E-state index is -4.39. The van der Waals surface area contributed by atoms with Crippen molar-refractivity contribution < 1.29 is 22.7 Å². The number of hydrogen-bond acceptors (Lipinski definition) is 4. The first kappa shape index (κ1) is 16.5. The number of aromatic nitrogens is 1. The molecule has 1 amide bonds. The van der Waals surface area contributed by atoms with Crippen LogP contribution >= 0.6 is 0 Å². The molecule has 1 aliphatic rings. The van der Waals surface area contributed by atoms with E-state index in [0.29, 0.717) is 32.7 Å². The number of amides is 1. The van der Waals surface area contributed by atoms with Crippen molar-refractivity contribution in [3.63, 3.8) is 0 Å². The zero-order valence-electron chi connectivity index (χ0n) is 12.2. The number of rotatable bonds is 6. The van der Waals surface area contributed by atoms with E-state index < -0.39 is 11.7 Å². The van der Waals surface area contributed by atoms with Crippen molar-refractivity contribution in [2.75, 3.05) is 38.7 Å². The van der Waals surface area contributed by atoms with Gasteiger partial charge in [0, 0.05) is 45.3 Å². The Morgan fingerprint density at radius 1 is 1.50 bits per heavy atom. The number of carbonyl (C=O) groups excluding carboxylic acids is 1. The van der Waals surface area contributed by atoms with Gasteiger partial charge in [-0.2, -0.15) is 13.2 Å². The molecule has 0 unspecified atom stereocenters. The summed E-state index contributed by atoms with van der Waals surface area (Å²) in [4.78, 5) is 17.3. The molecule has 0 spiro atoms. The topological polar surface area (TPSA) is 54.5 Å². The van der Waals surface area contributed by atoms with Crippen molar-refractivity contribution in [1.29, 1.82) is 0 Å². The molecule has 122 valence electrons. The first-order chi connectivity index (χ1) is 10.4. The van der Waals surface area contributed by atoms with Gasteiger partial charge in [-0.15, -0.1) is 0 Å². The zero-order chi connectivity index (χ0) is 16.2. The fourth-order valence-electron chi connectivity index (χ4n) is 2.36. The molecular formula is C14H18F3N3O2. The van der Waals surface area contributed by atoms with Crippen LogP contribution in [0.1, 0.15) is 12.0 Å². The van der Waals surface area contributed by atoms with Gasteiger partial charge in [0.15, 0.2) is 0 Å². The molecule has 22 heavy (non-hydrogen) atoms. The van der Waals surface area contributed by atoms with Crippen LogP contribution in [0.3, 0.4) is 0 Å². The van der Waals surface area contributed by atoms with Crippen molar-refractivity contribution in [1.82, 2.24) is 9.88 Å². The molecule has 1 N–H and O–H groups in total. The first-order valence-electron chi connectivity index (χ1n) is 6.94. The van der Waals surface area contributed by atoms with Gasteiger partial charge in [0.2, 0.25) is 5.91 Å². The highest BCUT2D eigenvalue weighted by molar-refractivity contribution is 5.78. The third kappa shape index (κ3) is 4.33. The van der Waals surface area contributed by atoms with E-state index >= 15 is 0 Å². The highest BCUT2D eigenvalue weighted by Gasteiger charge is 2.31. The van der Waals surface area contributed by atoms with E-state index in [4.69, 9.17) is 4.74 Å². The summed E-state index contributed by atoms with van der Waals surface area (Å²) < 4.78 is 42.8. The number of likely N-dealkylation sites (tertiary alicyclic amines) is 1. The Kier molecular flexibility index (Phi) is 5.23. The Labute approximate surface area is 126 Å². The van der Waals surface area contributed by atoms with Crippen molar-refractivity contribution in [2.24, 2.45) is 5.92 Å². The standard InChI is InChI=1S/C14H18F3N3O2/c1-22-5-4-20-9-10(6-13(20)21)8-19-12-7-11(2-3-18-12)14(15,16)17/h2-3,7,10H,4-6,8-9H2,1H3,(H,18,19)/t10-/m1/s1. The summed E-state index contributed by atoms with van der Waals surface area (Å²) in [6.07, 6.45) is -2.88. The summed E-state index contributed by atoms with van der Waals surface area (Å²) in [5.74, 6) is 0.263. The van der Waals surface area contributed by atoms with Gasteiger partial charge in [-0.25, -0.2) is 4.98 Å². The number of nitrogens with one attached hydrogen (secondary N) is 1.